The van der Waals surface area contributed by atoms with Crippen LogP contribution < -0.4 is 5.32 Å². The number of anilines is 1. The predicted molar refractivity (Wildman–Crippen MR) is 103 cm³/mol. The summed E-state index contributed by atoms with van der Waals surface area (Å²) in [5, 5.41) is 3.07. The maximum absolute atomic E-state index is 12.6. The van der Waals surface area contributed by atoms with Gasteiger partial charge in [0.2, 0.25) is 0 Å². The number of benzene rings is 1. The van der Waals surface area contributed by atoms with E-state index in [-0.39, 0.29) is 6.04 Å². The van der Waals surface area contributed by atoms with E-state index in [2.05, 4.69) is 15.3 Å². The molecule has 0 unspecified atom stereocenters. The number of carbonyl (C=O) groups excluding carboxylic acids is 2. The van der Waals surface area contributed by atoms with Crippen LogP contribution in [0, 0.1) is 0 Å². The number of thiazole rings is 1. The molecule has 2 amide bonds. The minimum absolute atomic E-state index is 0.00799. The van der Waals surface area contributed by atoms with Crippen LogP contribution >= 0.6 is 11.3 Å². The first-order chi connectivity index (χ1) is 13.2. The zero-order valence-corrected chi connectivity index (χ0v) is 15.4. The van der Waals surface area contributed by atoms with Crippen LogP contribution in [0.4, 0.5) is 5.13 Å². The Balaban J connectivity index is 1.40. The molecule has 0 radical (unpaired) electrons. The first-order valence-electron chi connectivity index (χ1n) is 8.79. The van der Waals surface area contributed by atoms with Gasteiger partial charge in [-0.25, -0.2) is 9.97 Å². The summed E-state index contributed by atoms with van der Waals surface area (Å²) in [6.45, 7) is 1.24. The third kappa shape index (κ3) is 3.90. The minimum atomic E-state index is -0.638. The van der Waals surface area contributed by atoms with Crippen LogP contribution in [0.2, 0.25) is 0 Å². The highest BCUT2D eigenvalue weighted by molar-refractivity contribution is 7.19. The molecule has 1 saturated heterocycles. The summed E-state index contributed by atoms with van der Waals surface area (Å²) in [6, 6.07) is 9.82. The van der Waals surface area contributed by atoms with Crippen molar-refractivity contribution in [3.05, 3.63) is 55.2 Å². The van der Waals surface area contributed by atoms with E-state index < -0.39 is 11.8 Å². The van der Waals surface area contributed by atoms with E-state index in [1.807, 2.05) is 41.1 Å². The molecule has 0 aliphatic carbocycles. The number of rotatable bonds is 4. The SMILES string of the molecule is O=C(Nc1ncc(-c2ccccc2)s1)C(=O)N1CCC[C@@H]1Cn1ccnc1. The fraction of sp³-hybridized carbons (Fsp3) is 0.263. The van der Waals surface area contributed by atoms with E-state index >= 15 is 0 Å². The lowest BCUT2D eigenvalue weighted by Crippen LogP contribution is -2.44. The van der Waals surface area contributed by atoms with Gasteiger partial charge < -0.3 is 9.47 Å². The highest BCUT2D eigenvalue weighted by atomic mass is 32.1. The van der Waals surface area contributed by atoms with Crippen LogP contribution in [0.3, 0.4) is 0 Å². The van der Waals surface area contributed by atoms with Gasteiger partial charge in [0, 0.05) is 31.7 Å². The van der Waals surface area contributed by atoms with Gasteiger partial charge in [-0.15, -0.1) is 0 Å². The second-order valence-corrected chi connectivity index (χ2v) is 7.43. The first kappa shape index (κ1) is 17.4. The maximum atomic E-state index is 12.6. The molecule has 0 spiro atoms. The molecule has 0 bridgehead atoms. The van der Waals surface area contributed by atoms with Gasteiger partial charge in [0.05, 0.1) is 17.2 Å². The number of hydrogen-bond donors (Lipinski definition) is 1. The number of likely N-dealkylation sites (tertiary alicyclic amines) is 1. The van der Waals surface area contributed by atoms with Crippen LogP contribution in [-0.4, -0.2) is 43.8 Å². The van der Waals surface area contributed by atoms with Crippen LogP contribution in [-0.2, 0) is 16.1 Å². The molecule has 3 heterocycles. The summed E-state index contributed by atoms with van der Waals surface area (Å²) in [5.74, 6) is -1.14. The van der Waals surface area contributed by atoms with Crippen molar-refractivity contribution in [2.24, 2.45) is 0 Å². The van der Waals surface area contributed by atoms with Gasteiger partial charge in [0.25, 0.3) is 0 Å². The van der Waals surface area contributed by atoms with Crippen LogP contribution in [0.5, 0.6) is 0 Å². The Morgan fingerprint density at radius 1 is 1.26 bits per heavy atom. The van der Waals surface area contributed by atoms with Crippen LogP contribution in [0.15, 0.2) is 55.2 Å². The molecule has 3 aromatic rings. The van der Waals surface area contributed by atoms with E-state index in [4.69, 9.17) is 0 Å². The molecule has 0 saturated carbocycles. The molecule has 1 aliphatic rings. The van der Waals surface area contributed by atoms with Crippen molar-refractivity contribution in [2.75, 3.05) is 11.9 Å². The fourth-order valence-corrected chi connectivity index (χ4v) is 4.10. The van der Waals surface area contributed by atoms with E-state index in [1.165, 1.54) is 11.3 Å². The Morgan fingerprint density at radius 3 is 2.89 bits per heavy atom. The van der Waals surface area contributed by atoms with Gasteiger partial charge >= 0.3 is 11.8 Å². The molecule has 2 aromatic heterocycles. The lowest BCUT2D eigenvalue weighted by atomic mass is 10.2. The van der Waals surface area contributed by atoms with Crippen molar-refractivity contribution in [2.45, 2.75) is 25.4 Å². The number of carbonyl (C=O) groups is 2. The van der Waals surface area contributed by atoms with Crippen molar-refractivity contribution in [3.63, 3.8) is 0 Å². The summed E-state index contributed by atoms with van der Waals surface area (Å²) in [4.78, 5) is 35.9. The fourth-order valence-electron chi connectivity index (χ4n) is 3.28. The van der Waals surface area contributed by atoms with Gasteiger partial charge in [0.15, 0.2) is 5.13 Å². The summed E-state index contributed by atoms with van der Waals surface area (Å²) in [7, 11) is 0. The third-order valence-corrected chi connectivity index (χ3v) is 5.56. The number of imidazole rings is 1. The Labute approximate surface area is 160 Å². The van der Waals surface area contributed by atoms with Crippen molar-refractivity contribution < 1.29 is 9.59 Å². The first-order valence-corrected chi connectivity index (χ1v) is 9.61. The molecule has 4 rings (SSSR count). The standard InChI is InChI=1S/C19H19N5O2S/c25-17(22-19-21-11-16(27-19)14-5-2-1-3-6-14)18(26)24-9-4-7-15(24)12-23-10-8-20-13-23/h1-3,5-6,8,10-11,13,15H,4,7,9,12H2,(H,21,22,25)/t15-/m1/s1. The smallest absolute Gasteiger partial charge is 0.315 e. The highest BCUT2D eigenvalue weighted by Gasteiger charge is 2.33. The summed E-state index contributed by atoms with van der Waals surface area (Å²) >= 11 is 1.35. The molecular formula is C19H19N5O2S. The molecule has 1 N–H and O–H groups in total. The average Bonchev–Trinajstić information content (AvgIpc) is 3.44. The zero-order chi connectivity index (χ0) is 18.6. The molecule has 1 atom stereocenters. The van der Waals surface area contributed by atoms with E-state index in [9.17, 15) is 9.59 Å². The van der Waals surface area contributed by atoms with E-state index in [1.54, 1.807) is 23.6 Å². The topological polar surface area (TPSA) is 80.1 Å². The van der Waals surface area contributed by atoms with Crippen molar-refractivity contribution >= 4 is 28.3 Å². The molecular weight excluding hydrogens is 362 g/mol. The molecule has 7 nitrogen and oxygen atoms in total. The van der Waals surface area contributed by atoms with Gasteiger partial charge in [-0.3, -0.25) is 14.9 Å². The van der Waals surface area contributed by atoms with Crippen molar-refractivity contribution in [1.82, 2.24) is 19.4 Å². The number of nitrogens with one attached hydrogen (secondary N) is 1. The minimum Gasteiger partial charge on any atom is -0.335 e. The quantitative estimate of drug-likeness (QED) is 0.705. The molecule has 1 fully saturated rings. The molecule has 1 aromatic carbocycles. The summed E-state index contributed by atoms with van der Waals surface area (Å²) in [6.07, 6.45) is 8.78. The van der Waals surface area contributed by atoms with Gasteiger partial charge in [-0.05, 0) is 18.4 Å². The van der Waals surface area contributed by atoms with Crippen LogP contribution in [0.25, 0.3) is 10.4 Å². The van der Waals surface area contributed by atoms with Crippen LogP contribution in [0.1, 0.15) is 12.8 Å². The Morgan fingerprint density at radius 2 is 2.11 bits per heavy atom. The third-order valence-electron chi connectivity index (χ3n) is 4.60. The van der Waals surface area contributed by atoms with Crippen molar-refractivity contribution in [1.29, 1.82) is 0 Å². The molecule has 1 aliphatic heterocycles. The number of aromatic nitrogens is 3. The van der Waals surface area contributed by atoms with Gasteiger partial charge in [-0.1, -0.05) is 41.7 Å². The number of nitrogens with zero attached hydrogens (tertiary/aromatic N) is 4. The monoisotopic (exact) mass is 381 g/mol. The summed E-state index contributed by atoms with van der Waals surface area (Å²) in [5.41, 5.74) is 1.03. The second-order valence-electron chi connectivity index (χ2n) is 6.40. The van der Waals surface area contributed by atoms with Gasteiger partial charge in [-0.2, -0.15) is 0 Å². The summed E-state index contributed by atoms with van der Waals surface area (Å²) < 4.78 is 1.93. The highest BCUT2D eigenvalue weighted by Crippen LogP contribution is 2.28. The predicted octanol–water partition coefficient (Wildman–Crippen LogP) is 2.64. The lowest BCUT2D eigenvalue weighted by Gasteiger charge is -2.24. The Bertz CT molecular complexity index is 923. The molecule has 8 heteroatoms. The van der Waals surface area contributed by atoms with E-state index in [0.29, 0.717) is 18.2 Å². The average molecular weight is 381 g/mol. The zero-order valence-electron chi connectivity index (χ0n) is 14.6. The van der Waals surface area contributed by atoms with Crippen molar-refractivity contribution in [3.8, 4) is 10.4 Å². The Hall–Kier alpha value is -3.00. The molecule has 138 valence electrons. The largest absolute Gasteiger partial charge is 0.335 e. The normalized spacial score (nSPS) is 16.4. The number of hydrogen-bond acceptors (Lipinski definition) is 5. The van der Waals surface area contributed by atoms with Gasteiger partial charge in [0.1, 0.15) is 0 Å². The molecule has 27 heavy (non-hydrogen) atoms. The second kappa shape index (κ2) is 7.71. The lowest BCUT2D eigenvalue weighted by molar-refractivity contribution is -0.143. The number of amides is 2. The Kier molecular flexibility index (Phi) is 4.97. The van der Waals surface area contributed by atoms with E-state index in [0.717, 1.165) is 23.3 Å². The maximum Gasteiger partial charge on any atom is 0.315 e.